The summed E-state index contributed by atoms with van der Waals surface area (Å²) in [7, 11) is -3.20. The van der Waals surface area contributed by atoms with Crippen molar-refractivity contribution in [2.24, 2.45) is 5.84 Å². The molecule has 8 nitrogen and oxygen atoms in total. The van der Waals surface area contributed by atoms with Crippen LogP contribution in [0.5, 0.6) is 0 Å². The number of nitrogens with one attached hydrogen (secondary N) is 1. The van der Waals surface area contributed by atoms with Crippen molar-refractivity contribution in [1.82, 2.24) is 14.2 Å². The fourth-order valence-electron chi connectivity index (χ4n) is 2.09. The lowest BCUT2D eigenvalue weighted by Gasteiger charge is -2.33. The van der Waals surface area contributed by atoms with Crippen LogP contribution in [0.2, 0.25) is 0 Å². The van der Waals surface area contributed by atoms with Crippen molar-refractivity contribution in [3.63, 3.8) is 0 Å². The minimum atomic E-state index is -3.20. The molecule has 0 atom stereocenters. The fraction of sp³-hybridized carbons (Fsp3) is 0.455. The van der Waals surface area contributed by atoms with Crippen LogP contribution in [-0.2, 0) is 10.0 Å². The summed E-state index contributed by atoms with van der Waals surface area (Å²) in [6, 6.07) is 3.29. The van der Waals surface area contributed by atoms with Gasteiger partial charge in [0.25, 0.3) is 5.91 Å². The zero-order chi connectivity index (χ0) is 14.8. The first kappa shape index (κ1) is 14.7. The van der Waals surface area contributed by atoms with Crippen molar-refractivity contribution in [3.05, 3.63) is 23.9 Å². The third-order valence-corrected chi connectivity index (χ3v) is 4.47. The zero-order valence-electron chi connectivity index (χ0n) is 11.1. The second kappa shape index (κ2) is 5.73. The second-order valence-electron chi connectivity index (χ2n) is 4.50. The highest BCUT2D eigenvalue weighted by Gasteiger charge is 2.27. The smallest absolute Gasteiger partial charge is 0.257 e. The molecule has 1 aromatic heterocycles. The lowest BCUT2D eigenvalue weighted by Crippen LogP contribution is -2.50. The Morgan fingerprint density at radius 1 is 1.35 bits per heavy atom. The molecule has 0 bridgehead atoms. The number of hydrazine groups is 1. The van der Waals surface area contributed by atoms with E-state index in [0.29, 0.717) is 37.6 Å². The van der Waals surface area contributed by atoms with E-state index in [9.17, 15) is 13.2 Å². The Morgan fingerprint density at radius 2 is 2.00 bits per heavy atom. The van der Waals surface area contributed by atoms with Gasteiger partial charge in [0.15, 0.2) is 5.82 Å². The molecule has 1 aliphatic rings. The van der Waals surface area contributed by atoms with Gasteiger partial charge in [-0.05, 0) is 12.1 Å². The zero-order valence-corrected chi connectivity index (χ0v) is 11.9. The number of anilines is 1. The number of nitrogens with two attached hydrogens (primary N) is 1. The van der Waals surface area contributed by atoms with Gasteiger partial charge in [-0.15, -0.1) is 0 Å². The number of aromatic nitrogens is 1. The van der Waals surface area contributed by atoms with Crippen LogP contribution in [0, 0.1) is 0 Å². The predicted molar refractivity (Wildman–Crippen MR) is 74.4 cm³/mol. The van der Waals surface area contributed by atoms with E-state index < -0.39 is 10.0 Å². The van der Waals surface area contributed by atoms with E-state index in [2.05, 4.69) is 10.4 Å². The molecule has 1 fully saturated rings. The number of hydrogen-bond donors (Lipinski definition) is 2. The van der Waals surface area contributed by atoms with Crippen molar-refractivity contribution < 1.29 is 13.2 Å². The third kappa shape index (κ3) is 3.06. The predicted octanol–water partition coefficient (Wildman–Crippen LogP) is -0.915. The van der Waals surface area contributed by atoms with Crippen LogP contribution in [0.1, 0.15) is 10.4 Å². The third-order valence-electron chi connectivity index (χ3n) is 3.17. The molecule has 9 heteroatoms. The van der Waals surface area contributed by atoms with Crippen LogP contribution >= 0.6 is 0 Å². The summed E-state index contributed by atoms with van der Waals surface area (Å²) in [6.07, 6.45) is 2.70. The van der Waals surface area contributed by atoms with Crippen LogP contribution in [-0.4, -0.2) is 60.9 Å². The van der Waals surface area contributed by atoms with Crippen LogP contribution in [0.4, 0.5) is 5.82 Å². The van der Waals surface area contributed by atoms with Crippen LogP contribution in [0.15, 0.2) is 18.3 Å². The van der Waals surface area contributed by atoms with E-state index in [1.807, 2.05) is 0 Å². The topological polar surface area (TPSA) is 109 Å². The molecule has 1 aromatic rings. The maximum atomic E-state index is 12.4. The second-order valence-corrected chi connectivity index (χ2v) is 6.48. The number of hydrogen-bond acceptors (Lipinski definition) is 6. The number of piperazine rings is 1. The fourth-order valence-corrected chi connectivity index (χ4v) is 2.91. The first-order valence-electron chi connectivity index (χ1n) is 6.09. The van der Waals surface area contributed by atoms with Gasteiger partial charge in [-0.3, -0.25) is 4.79 Å². The summed E-state index contributed by atoms with van der Waals surface area (Å²) >= 11 is 0. The SMILES string of the molecule is CS(=O)(=O)N1CCN(C(=O)c2cccnc2NN)CC1. The van der Waals surface area contributed by atoms with Crippen molar-refractivity contribution in [2.75, 3.05) is 37.9 Å². The molecule has 0 radical (unpaired) electrons. The summed E-state index contributed by atoms with van der Waals surface area (Å²) in [6.45, 7) is 1.31. The lowest BCUT2D eigenvalue weighted by molar-refractivity contribution is 0.0699. The number of nitrogen functional groups attached to an aromatic ring is 1. The summed E-state index contributed by atoms with van der Waals surface area (Å²) < 4.78 is 24.2. The molecule has 2 heterocycles. The molecule has 110 valence electrons. The maximum Gasteiger partial charge on any atom is 0.257 e. The Balaban J connectivity index is 2.09. The molecule has 20 heavy (non-hydrogen) atoms. The number of carbonyl (C=O) groups is 1. The number of pyridine rings is 1. The van der Waals surface area contributed by atoms with E-state index in [0.717, 1.165) is 0 Å². The molecule has 1 amide bonds. The van der Waals surface area contributed by atoms with Gasteiger partial charge >= 0.3 is 0 Å². The molecule has 1 aliphatic heterocycles. The van der Waals surface area contributed by atoms with Crippen LogP contribution in [0.25, 0.3) is 0 Å². The average Bonchev–Trinajstić information content (AvgIpc) is 2.45. The average molecular weight is 299 g/mol. The summed E-state index contributed by atoms with van der Waals surface area (Å²) in [5.41, 5.74) is 2.76. The Morgan fingerprint density at radius 3 is 2.55 bits per heavy atom. The van der Waals surface area contributed by atoms with E-state index in [-0.39, 0.29) is 5.91 Å². The van der Waals surface area contributed by atoms with E-state index in [1.165, 1.54) is 16.8 Å². The van der Waals surface area contributed by atoms with Gasteiger partial charge < -0.3 is 10.3 Å². The summed E-state index contributed by atoms with van der Waals surface area (Å²) in [4.78, 5) is 17.9. The van der Waals surface area contributed by atoms with Gasteiger partial charge in [-0.2, -0.15) is 4.31 Å². The molecule has 2 rings (SSSR count). The molecular formula is C11H17N5O3S. The molecule has 0 saturated carbocycles. The highest BCUT2D eigenvalue weighted by molar-refractivity contribution is 7.88. The van der Waals surface area contributed by atoms with Crippen LogP contribution < -0.4 is 11.3 Å². The summed E-state index contributed by atoms with van der Waals surface area (Å²) in [5, 5.41) is 0. The Labute approximate surface area is 117 Å². The number of carbonyl (C=O) groups excluding carboxylic acids is 1. The summed E-state index contributed by atoms with van der Waals surface area (Å²) in [5.74, 6) is 5.43. The Hall–Kier alpha value is -1.71. The quantitative estimate of drug-likeness (QED) is 0.552. The molecular weight excluding hydrogens is 282 g/mol. The van der Waals surface area contributed by atoms with E-state index in [1.54, 1.807) is 17.0 Å². The number of sulfonamides is 1. The standard InChI is InChI=1S/C11H17N5O3S/c1-20(18,19)16-7-5-15(6-8-16)11(17)9-3-2-4-13-10(9)14-12/h2-4H,5-8,12H2,1H3,(H,13,14). The van der Waals surface area contributed by atoms with Gasteiger partial charge in [-0.1, -0.05) is 0 Å². The van der Waals surface area contributed by atoms with Gasteiger partial charge in [0.2, 0.25) is 10.0 Å². The number of rotatable bonds is 3. The van der Waals surface area contributed by atoms with E-state index >= 15 is 0 Å². The molecule has 0 aromatic carbocycles. The maximum absolute atomic E-state index is 12.4. The van der Waals surface area contributed by atoms with Crippen LogP contribution in [0.3, 0.4) is 0 Å². The Kier molecular flexibility index (Phi) is 4.21. The van der Waals surface area contributed by atoms with Gasteiger partial charge in [0.1, 0.15) is 0 Å². The van der Waals surface area contributed by atoms with Crippen molar-refractivity contribution >= 4 is 21.7 Å². The highest BCUT2D eigenvalue weighted by atomic mass is 32.2. The van der Waals surface area contributed by atoms with E-state index in [4.69, 9.17) is 5.84 Å². The van der Waals surface area contributed by atoms with Crippen molar-refractivity contribution in [1.29, 1.82) is 0 Å². The lowest BCUT2D eigenvalue weighted by atomic mass is 10.2. The molecule has 0 aliphatic carbocycles. The highest BCUT2D eigenvalue weighted by Crippen LogP contribution is 2.15. The minimum absolute atomic E-state index is 0.209. The normalized spacial score (nSPS) is 17.0. The van der Waals surface area contributed by atoms with Crippen molar-refractivity contribution in [2.45, 2.75) is 0 Å². The molecule has 3 N–H and O–H groups in total. The minimum Gasteiger partial charge on any atom is -0.336 e. The monoisotopic (exact) mass is 299 g/mol. The Bertz CT molecular complexity index is 596. The number of amides is 1. The molecule has 0 unspecified atom stereocenters. The largest absolute Gasteiger partial charge is 0.336 e. The molecule has 1 saturated heterocycles. The first-order chi connectivity index (χ1) is 9.43. The van der Waals surface area contributed by atoms with Gasteiger partial charge in [0.05, 0.1) is 11.8 Å². The van der Waals surface area contributed by atoms with Gasteiger partial charge in [-0.25, -0.2) is 19.2 Å². The van der Waals surface area contributed by atoms with Gasteiger partial charge in [0, 0.05) is 32.4 Å². The van der Waals surface area contributed by atoms with Crippen molar-refractivity contribution in [3.8, 4) is 0 Å². The first-order valence-corrected chi connectivity index (χ1v) is 7.94. The number of nitrogens with zero attached hydrogens (tertiary/aromatic N) is 3. The molecule has 0 spiro atoms.